The van der Waals surface area contributed by atoms with Gasteiger partial charge in [-0.1, -0.05) is 18.6 Å². The van der Waals surface area contributed by atoms with E-state index in [-0.39, 0.29) is 30.2 Å². The van der Waals surface area contributed by atoms with Crippen LogP contribution in [0.4, 0.5) is 13.2 Å². The molecule has 0 aromatic heterocycles. The van der Waals surface area contributed by atoms with E-state index in [1.807, 2.05) is 0 Å². The van der Waals surface area contributed by atoms with Gasteiger partial charge in [-0.15, -0.1) is 0 Å². The van der Waals surface area contributed by atoms with Crippen molar-refractivity contribution < 1.29 is 22.7 Å². The Morgan fingerprint density at radius 1 is 1.38 bits per heavy atom. The van der Waals surface area contributed by atoms with Crippen molar-refractivity contribution in [3.8, 4) is 5.75 Å². The zero-order chi connectivity index (χ0) is 17.7. The summed E-state index contributed by atoms with van der Waals surface area (Å²) < 4.78 is 43.9. The molecule has 1 aromatic rings. The smallest absolute Gasteiger partial charge is 0.419 e. The first-order valence-electron chi connectivity index (χ1n) is 8.11. The van der Waals surface area contributed by atoms with Gasteiger partial charge in [0.25, 0.3) is 0 Å². The second-order valence-corrected chi connectivity index (χ2v) is 6.33. The molecule has 0 spiro atoms. The lowest BCUT2D eigenvalue weighted by Crippen LogP contribution is -2.39. The molecular formula is C17H23F3N2O2. The number of nitrogens with two attached hydrogens (primary N) is 1. The summed E-state index contributed by atoms with van der Waals surface area (Å²) in [5.74, 6) is -0.189. The first-order valence-corrected chi connectivity index (χ1v) is 8.11. The van der Waals surface area contributed by atoms with E-state index in [2.05, 4.69) is 5.32 Å². The summed E-state index contributed by atoms with van der Waals surface area (Å²) in [6, 6.07) is 4.70. The molecule has 7 heteroatoms. The van der Waals surface area contributed by atoms with E-state index in [1.54, 1.807) is 6.92 Å². The van der Waals surface area contributed by atoms with E-state index < -0.39 is 17.8 Å². The van der Waals surface area contributed by atoms with Crippen LogP contribution in [-0.4, -0.2) is 24.6 Å². The Bertz CT molecular complexity index is 563. The van der Waals surface area contributed by atoms with Crippen LogP contribution in [0.15, 0.2) is 24.3 Å². The van der Waals surface area contributed by atoms with Gasteiger partial charge in [0.1, 0.15) is 12.4 Å². The van der Waals surface area contributed by atoms with Gasteiger partial charge in [0.15, 0.2) is 0 Å². The van der Waals surface area contributed by atoms with Crippen LogP contribution in [0.3, 0.4) is 0 Å². The number of hydrogen-bond donors (Lipinski definition) is 2. The van der Waals surface area contributed by atoms with Crippen LogP contribution in [0, 0.1) is 5.92 Å². The molecule has 0 bridgehead atoms. The number of alkyl halides is 3. The monoisotopic (exact) mass is 344 g/mol. The molecule has 4 nitrogen and oxygen atoms in total. The summed E-state index contributed by atoms with van der Waals surface area (Å²) in [5.41, 5.74) is 5.12. The first kappa shape index (κ1) is 18.6. The predicted octanol–water partition coefficient (Wildman–Crippen LogP) is 3.11. The molecule has 0 saturated heterocycles. The number of halogens is 3. The molecule has 1 aromatic carbocycles. The molecule has 134 valence electrons. The fourth-order valence-electron chi connectivity index (χ4n) is 2.97. The van der Waals surface area contributed by atoms with Crippen molar-refractivity contribution in [1.29, 1.82) is 0 Å². The van der Waals surface area contributed by atoms with Crippen molar-refractivity contribution in [3.05, 3.63) is 29.8 Å². The highest BCUT2D eigenvalue weighted by Gasteiger charge is 2.34. The second kappa shape index (κ2) is 7.88. The third-order valence-electron chi connectivity index (χ3n) is 4.25. The number of nitrogens with one attached hydrogen (secondary N) is 1. The third kappa shape index (κ3) is 5.12. The average molecular weight is 344 g/mol. The number of carbonyl (C=O) groups is 1. The minimum Gasteiger partial charge on any atom is -0.491 e. The third-order valence-corrected chi connectivity index (χ3v) is 4.25. The summed E-state index contributed by atoms with van der Waals surface area (Å²) in [7, 11) is 0. The van der Waals surface area contributed by atoms with Crippen LogP contribution in [0.5, 0.6) is 5.75 Å². The molecule has 1 unspecified atom stereocenters. The molecule has 1 aliphatic carbocycles. The average Bonchev–Trinajstić information content (AvgIpc) is 2.89. The molecule has 0 heterocycles. The SMILES string of the molecule is CC(COc1ccccc1C(F)(F)F)NC(=O)C[C@@H]1CCC[C@H]1N. The summed E-state index contributed by atoms with van der Waals surface area (Å²) >= 11 is 0. The van der Waals surface area contributed by atoms with Crippen molar-refractivity contribution in [1.82, 2.24) is 5.32 Å². The Kier molecular flexibility index (Phi) is 6.10. The van der Waals surface area contributed by atoms with Crippen molar-refractivity contribution >= 4 is 5.91 Å². The first-order chi connectivity index (χ1) is 11.3. The molecule has 1 amide bonds. The molecular weight excluding hydrogens is 321 g/mol. The minimum atomic E-state index is -4.47. The summed E-state index contributed by atoms with van der Waals surface area (Å²) in [6.45, 7) is 1.66. The number of benzene rings is 1. The van der Waals surface area contributed by atoms with Gasteiger partial charge < -0.3 is 15.8 Å². The van der Waals surface area contributed by atoms with Gasteiger partial charge >= 0.3 is 6.18 Å². The van der Waals surface area contributed by atoms with E-state index in [9.17, 15) is 18.0 Å². The van der Waals surface area contributed by atoms with Crippen LogP contribution >= 0.6 is 0 Å². The number of ether oxygens (including phenoxy) is 1. The molecule has 1 fully saturated rings. The van der Waals surface area contributed by atoms with E-state index in [0.717, 1.165) is 25.3 Å². The highest BCUT2D eigenvalue weighted by Crippen LogP contribution is 2.35. The topological polar surface area (TPSA) is 64.3 Å². The minimum absolute atomic E-state index is 0.0322. The maximum atomic E-state index is 12.9. The van der Waals surface area contributed by atoms with Crippen LogP contribution in [0.25, 0.3) is 0 Å². The largest absolute Gasteiger partial charge is 0.491 e. The lowest BCUT2D eigenvalue weighted by molar-refractivity contribution is -0.139. The standard InChI is InChI=1S/C17H23F3N2O2/c1-11(22-16(23)9-12-5-4-7-14(12)21)10-24-15-8-3-2-6-13(15)17(18,19)20/h2-3,6,8,11-12,14H,4-5,7,9-10,21H2,1H3,(H,22,23)/t11?,12-,14+/m0/s1. The zero-order valence-corrected chi connectivity index (χ0v) is 13.6. The van der Waals surface area contributed by atoms with Crippen LogP contribution < -0.4 is 15.8 Å². The number of para-hydroxylation sites is 1. The molecule has 1 aliphatic rings. The van der Waals surface area contributed by atoms with Gasteiger partial charge in [-0.25, -0.2) is 0 Å². The van der Waals surface area contributed by atoms with Crippen LogP contribution in [-0.2, 0) is 11.0 Å². The quantitative estimate of drug-likeness (QED) is 0.833. The molecule has 2 rings (SSSR count). The Morgan fingerprint density at radius 3 is 2.71 bits per heavy atom. The molecule has 3 N–H and O–H groups in total. The van der Waals surface area contributed by atoms with E-state index in [4.69, 9.17) is 10.5 Å². The van der Waals surface area contributed by atoms with Gasteiger partial charge in [-0.3, -0.25) is 4.79 Å². The number of rotatable bonds is 6. The maximum absolute atomic E-state index is 12.9. The fourth-order valence-corrected chi connectivity index (χ4v) is 2.97. The van der Waals surface area contributed by atoms with Crippen molar-refractivity contribution in [2.45, 2.75) is 50.9 Å². The van der Waals surface area contributed by atoms with Gasteiger partial charge in [0.05, 0.1) is 11.6 Å². The number of amides is 1. The molecule has 3 atom stereocenters. The van der Waals surface area contributed by atoms with E-state index in [1.165, 1.54) is 18.2 Å². The normalized spacial score (nSPS) is 22.2. The molecule has 0 aliphatic heterocycles. The van der Waals surface area contributed by atoms with Gasteiger partial charge in [0.2, 0.25) is 5.91 Å². The molecule has 1 saturated carbocycles. The number of carbonyl (C=O) groups excluding carboxylic acids is 1. The van der Waals surface area contributed by atoms with Crippen molar-refractivity contribution in [2.24, 2.45) is 11.7 Å². The summed E-state index contributed by atoms with van der Waals surface area (Å²) in [5, 5.41) is 2.76. The Morgan fingerprint density at radius 2 is 2.08 bits per heavy atom. The van der Waals surface area contributed by atoms with Crippen molar-refractivity contribution in [2.75, 3.05) is 6.61 Å². The van der Waals surface area contributed by atoms with Crippen molar-refractivity contribution in [3.63, 3.8) is 0 Å². The molecule has 24 heavy (non-hydrogen) atoms. The lowest BCUT2D eigenvalue weighted by Gasteiger charge is -2.19. The van der Waals surface area contributed by atoms with Gasteiger partial charge in [0, 0.05) is 12.5 Å². The fraction of sp³-hybridized carbons (Fsp3) is 0.588. The Hall–Kier alpha value is -1.76. The van der Waals surface area contributed by atoms with Gasteiger partial charge in [-0.2, -0.15) is 13.2 Å². The van der Waals surface area contributed by atoms with E-state index in [0.29, 0.717) is 6.42 Å². The second-order valence-electron chi connectivity index (χ2n) is 6.33. The number of hydrogen-bond acceptors (Lipinski definition) is 3. The zero-order valence-electron chi connectivity index (χ0n) is 13.6. The highest BCUT2D eigenvalue weighted by atomic mass is 19.4. The lowest BCUT2D eigenvalue weighted by atomic mass is 10.00. The Labute approximate surface area is 139 Å². The highest BCUT2D eigenvalue weighted by molar-refractivity contribution is 5.76. The Balaban J connectivity index is 1.83. The summed E-state index contributed by atoms with van der Waals surface area (Å²) in [6.07, 6.45) is -1.21. The predicted molar refractivity (Wildman–Crippen MR) is 84.5 cm³/mol. The summed E-state index contributed by atoms with van der Waals surface area (Å²) in [4.78, 5) is 12.0. The van der Waals surface area contributed by atoms with Crippen LogP contribution in [0.1, 0.15) is 38.2 Å². The van der Waals surface area contributed by atoms with Crippen LogP contribution in [0.2, 0.25) is 0 Å². The van der Waals surface area contributed by atoms with E-state index >= 15 is 0 Å². The van der Waals surface area contributed by atoms with Gasteiger partial charge in [-0.05, 0) is 37.8 Å². The maximum Gasteiger partial charge on any atom is 0.419 e. The molecule has 0 radical (unpaired) electrons.